The number of rotatable bonds is 5. The van der Waals surface area contributed by atoms with Crippen LogP contribution in [0.2, 0.25) is 10.0 Å². The Kier molecular flexibility index (Phi) is 6.40. The van der Waals surface area contributed by atoms with Gasteiger partial charge >= 0.3 is 0 Å². The zero-order valence-corrected chi connectivity index (χ0v) is 16.7. The number of halogens is 2. The molecule has 0 aromatic heterocycles. The molecular formula is C21H22Cl2N2O2. The number of hydrogen-bond donors (Lipinski definition) is 1. The van der Waals surface area contributed by atoms with Gasteiger partial charge in [-0.15, -0.1) is 0 Å². The normalized spacial score (nSPS) is 16.4. The molecule has 0 saturated carbocycles. The molecule has 2 amide bonds. The number of carbonyl (C=O) groups is 2. The van der Waals surface area contributed by atoms with E-state index in [2.05, 4.69) is 11.4 Å². The molecule has 1 N–H and O–H groups in total. The maximum absolute atomic E-state index is 12.9. The van der Waals surface area contributed by atoms with Crippen LogP contribution < -0.4 is 5.32 Å². The smallest absolute Gasteiger partial charge is 0.256 e. The molecule has 1 unspecified atom stereocenters. The molecule has 6 heteroatoms. The summed E-state index contributed by atoms with van der Waals surface area (Å²) in [6.45, 7) is 3.13. The Labute approximate surface area is 169 Å². The first-order valence-electron chi connectivity index (χ1n) is 9.05. The molecule has 0 spiro atoms. The Bertz CT molecular complexity index is 854. The lowest BCUT2D eigenvalue weighted by molar-refractivity contribution is -0.124. The van der Waals surface area contributed by atoms with E-state index in [0.29, 0.717) is 35.1 Å². The zero-order valence-electron chi connectivity index (χ0n) is 15.2. The summed E-state index contributed by atoms with van der Waals surface area (Å²) in [4.78, 5) is 27.1. The van der Waals surface area contributed by atoms with Gasteiger partial charge in [0.2, 0.25) is 5.91 Å². The van der Waals surface area contributed by atoms with Crippen LogP contribution in [0.25, 0.3) is 0 Å². The fourth-order valence-electron chi connectivity index (χ4n) is 3.41. The highest BCUT2D eigenvalue weighted by Crippen LogP contribution is 2.26. The van der Waals surface area contributed by atoms with Crippen molar-refractivity contribution in [2.75, 3.05) is 13.1 Å². The quantitative estimate of drug-likeness (QED) is 0.808. The number of likely N-dealkylation sites (tertiary alicyclic amines) is 1. The van der Waals surface area contributed by atoms with Crippen LogP contribution in [0.1, 0.15) is 34.3 Å². The molecule has 2 aromatic rings. The molecule has 2 aromatic carbocycles. The van der Waals surface area contributed by atoms with Gasteiger partial charge in [-0.25, -0.2) is 0 Å². The van der Waals surface area contributed by atoms with E-state index < -0.39 is 6.04 Å². The monoisotopic (exact) mass is 404 g/mol. The summed E-state index contributed by atoms with van der Waals surface area (Å²) in [5, 5.41) is 3.75. The molecule has 1 aliphatic rings. The number of nitrogens with one attached hydrogen (secondary N) is 1. The predicted octanol–water partition coefficient (Wildman–Crippen LogP) is 4.27. The summed E-state index contributed by atoms with van der Waals surface area (Å²) >= 11 is 12.1. The van der Waals surface area contributed by atoms with E-state index >= 15 is 0 Å². The Morgan fingerprint density at radius 3 is 2.78 bits per heavy atom. The fourth-order valence-corrected chi connectivity index (χ4v) is 3.78. The lowest BCUT2D eigenvalue weighted by Gasteiger charge is -2.24. The second kappa shape index (κ2) is 8.77. The van der Waals surface area contributed by atoms with Gasteiger partial charge in [0.05, 0.1) is 10.6 Å². The molecule has 1 atom stereocenters. The molecule has 27 heavy (non-hydrogen) atoms. The van der Waals surface area contributed by atoms with Crippen molar-refractivity contribution >= 4 is 35.0 Å². The molecule has 1 fully saturated rings. The first kappa shape index (κ1) is 19.7. The van der Waals surface area contributed by atoms with Crippen LogP contribution >= 0.6 is 23.2 Å². The van der Waals surface area contributed by atoms with Crippen LogP contribution in [0.5, 0.6) is 0 Å². The van der Waals surface area contributed by atoms with Crippen molar-refractivity contribution < 1.29 is 9.59 Å². The van der Waals surface area contributed by atoms with Gasteiger partial charge in [-0.1, -0.05) is 53.0 Å². The van der Waals surface area contributed by atoms with Gasteiger partial charge in [0.15, 0.2) is 0 Å². The van der Waals surface area contributed by atoms with Gasteiger partial charge < -0.3 is 10.2 Å². The van der Waals surface area contributed by atoms with Crippen LogP contribution in [-0.2, 0) is 11.2 Å². The molecule has 3 rings (SSSR count). The Hall–Kier alpha value is -2.04. The number of amides is 2. The fraction of sp³-hybridized carbons (Fsp3) is 0.333. The van der Waals surface area contributed by atoms with Gasteiger partial charge in [0.1, 0.15) is 6.04 Å². The number of carbonyl (C=O) groups excluding carboxylic acids is 2. The van der Waals surface area contributed by atoms with Crippen LogP contribution in [0.4, 0.5) is 0 Å². The van der Waals surface area contributed by atoms with E-state index in [1.165, 1.54) is 11.1 Å². The van der Waals surface area contributed by atoms with Crippen molar-refractivity contribution in [2.45, 2.75) is 32.2 Å². The minimum atomic E-state index is -0.468. The SMILES string of the molecule is Cc1cccc(CCNC(=O)C2CCCN2C(=O)c2cc(Cl)ccc2Cl)c1. The van der Waals surface area contributed by atoms with Crippen LogP contribution in [0, 0.1) is 6.92 Å². The number of benzene rings is 2. The molecule has 1 saturated heterocycles. The first-order valence-corrected chi connectivity index (χ1v) is 9.80. The average molecular weight is 405 g/mol. The van der Waals surface area contributed by atoms with Crippen molar-refractivity contribution in [1.82, 2.24) is 10.2 Å². The van der Waals surface area contributed by atoms with Crippen molar-refractivity contribution in [2.24, 2.45) is 0 Å². The minimum Gasteiger partial charge on any atom is -0.354 e. The Morgan fingerprint density at radius 1 is 1.19 bits per heavy atom. The highest BCUT2D eigenvalue weighted by atomic mass is 35.5. The lowest BCUT2D eigenvalue weighted by atomic mass is 10.1. The number of hydrogen-bond acceptors (Lipinski definition) is 2. The molecule has 0 bridgehead atoms. The highest BCUT2D eigenvalue weighted by molar-refractivity contribution is 6.35. The molecule has 0 aliphatic carbocycles. The Morgan fingerprint density at radius 2 is 2.00 bits per heavy atom. The summed E-state index contributed by atoms with van der Waals surface area (Å²) in [6, 6.07) is 12.5. The van der Waals surface area contributed by atoms with Crippen molar-refractivity contribution in [1.29, 1.82) is 0 Å². The predicted molar refractivity (Wildman–Crippen MR) is 108 cm³/mol. The largest absolute Gasteiger partial charge is 0.354 e. The van der Waals surface area contributed by atoms with Gasteiger partial charge in [-0.05, 0) is 49.9 Å². The van der Waals surface area contributed by atoms with E-state index in [1.54, 1.807) is 23.1 Å². The van der Waals surface area contributed by atoms with Crippen molar-refractivity contribution in [3.05, 3.63) is 69.2 Å². The number of nitrogens with zero attached hydrogens (tertiary/aromatic N) is 1. The molecular weight excluding hydrogens is 383 g/mol. The van der Waals surface area contributed by atoms with E-state index in [0.717, 1.165) is 12.8 Å². The van der Waals surface area contributed by atoms with Crippen LogP contribution in [0.15, 0.2) is 42.5 Å². The molecule has 1 heterocycles. The second-order valence-electron chi connectivity index (χ2n) is 6.81. The van der Waals surface area contributed by atoms with E-state index in [4.69, 9.17) is 23.2 Å². The summed E-state index contributed by atoms with van der Waals surface area (Å²) in [7, 11) is 0. The van der Waals surface area contributed by atoms with Gasteiger partial charge in [0.25, 0.3) is 5.91 Å². The first-order chi connectivity index (χ1) is 13.0. The molecule has 4 nitrogen and oxygen atoms in total. The third kappa shape index (κ3) is 4.82. The van der Waals surface area contributed by atoms with E-state index in [-0.39, 0.29) is 11.8 Å². The third-order valence-corrected chi connectivity index (χ3v) is 5.34. The second-order valence-corrected chi connectivity index (χ2v) is 7.65. The molecule has 142 valence electrons. The lowest BCUT2D eigenvalue weighted by Crippen LogP contribution is -2.46. The van der Waals surface area contributed by atoms with Crippen molar-refractivity contribution in [3.63, 3.8) is 0 Å². The summed E-state index contributed by atoms with van der Waals surface area (Å²) in [5.41, 5.74) is 2.72. The van der Waals surface area contributed by atoms with Crippen LogP contribution in [0.3, 0.4) is 0 Å². The molecule has 1 aliphatic heterocycles. The van der Waals surface area contributed by atoms with Crippen molar-refractivity contribution in [3.8, 4) is 0 Å². The third-order valence-electron chi connectivity index (χ3n) is 4.77. The zero-order chi connectivity index (χ0) is 19.4. The van der Waals surface area contributed by atoms with Gasteiger partial charge in [-0.3, -0.25) is 9.59 Å². The summed E-state index contributed by atoms with van der Waals surface area (Å²) in [5.74, 6) is -0.370. The maximum Gasteiger partial charge on any atom is 0.256 e. The van der Waals surface area contributed by atoms with Crippen LogP contribution in [-0.4, -0.2) is 35.8 Å². The van der Waals surface area contributed by atoms with E-state index in [9.17, 15) is 9.59 Å². The standard InChI is InChI=1S/C21H22Cl2N2O2/c1-14-4-2-5-15(12-14)9-10-24-20(26)19-6-3-11-25(19)21(27)17-13-16(22)7-8-18(17)23/h2,4-5,7-8,12-13,19H,3,6,9-11H2,1H3,(H,24,26). The topological polar surface area (TPSA) is 49.4 Å². The van der Waals surface area contributed by atoms with Gasteiger partial charge in [-0.2, -0.15) is 0 Å². The highest BCUT2D eigenvalue weighted by Gasteiger charge is 2.35. The minimum absolute atomic E-state index is 0.119. The summed E-state index contributed by atoms with van der Waals surface area (Å²) < 4.78 is 0. The molecule has 0 radical (unpaired) electrons. The summed E-state index contributed by atoms with van der Waals surface area (Å²) in [6.07, 6.45) is 2.20. The number of aryl methyl sites for hydroxylation is 1. The van der Waals surface area contributed by atoms with E-state index in [1.807, 2.05) is 25.1 Å². The Balaban J connectivity index is 1.62. The van der Waals surface area contributed by atoms with Gasteiger partial charge in [0, 0.05) is 18.1 Å². The maximum atomic E-state index is 12.9. The average Bonchev–Trinajstić information content (AvgIpc) is 3.13.